The molecule has 1 aliphatic rings. The van der Waals surface area contributed by atoms with Gasteiger partial charge in [-0.25, -0.2) is 4.39 Å². The number of carbonyl (C=O) groups excluding carboxylic acids is 1. The minimum absolute atomic E-state index is 0.104. The van der Waals surface area contributed by atoms with E-state index in [1.807, 2.05) is 30.3 Å². The zero-order chi connectivity index (χ0) is 19.5. The van der Waals surface area contributed by atoms with Gasteiger partial charge < -0.3 is 9.50 Å². The highest BCUT2D eigenvalue weighted by Crippen LogP contribution is 2.41. The predicted molar refractivity (Wildman–Crippen MR) is 101 cm³/mol. The fourth-order valence-corrected chi connectivity index (χ4v) is 3.86. The van der Waals surface area contributed by atoms with Gasteiger partial charge in [0, 0.05) is 23.6 Å². The average molecular weight is 389 g/mol. The Morgan fingerprint density at radius 1 is 1.11 bits per heavy atom. The van der Waals surface area contributed by atoms with Crippen molar-refractivity contribution in [3.8, 4) is 0 Å². The van der Waals surface area contributed by atoms with Crippen molar-refractivity contribution in [1.29, 1.82) is 0 Å². The van der Waals surface area contributed by atoms with Gasteiger partial charge in [-0.3, -0.25) is 4.79 Å². The largest absolute Gasteiger partial charge is 0.382 e. The van der Waals surface area contributed by atoms with E-state index in [1.165, 1.54) is 6.07 Å². The van der Waals surface area contributed by atoms with Crippen molar-refractivity contribution in [3.63, 3.8) is 0 Å². The Labute approximate surface area is 158 Å². The maximum atomic E-state index is 15.3. The van der Waals surface area contributed by atoms with Crippen LogP contribution >= 0.6 is 0 Å². The molecule has 1 unspecified atom stereocenters. The minimum Gasteiger partial charge on any atom is -0.382 e. The highest BCUT2D eigenvalue weighted by atomic mass is 32.2. The topological polar surface area (TPSA) is 72.5 Å². The van der Waals surface area contributed by atoms with Crippen molar-refractivity contribution in [2.45, 2.75) is 25.6 Å². The van der Waals surface area contributed by atoms with E-state index in [0.717, 1.165) is 11.6 Å². The van der Waals surface area contributed by atoms with Crippen LogP contribution in [0.4, 0.5) is 4.39 Å². The number of halogens is 1. The maximum Gasteiger partial charge on any atom is 0.309 e. The third-order valence-electron chi connectivity index (χ3n) is 4.26. The number of aryl methyl sites for hydroxylation is 1. The van der Waals surface area contributed by atoms with Gasteiger partial charge in [-0.05, 0) is 12.0 Å². The zero-order valence-corrected chi connectivity index (χ0v) is 15.6. The van der Waals surface area contributed by atoms with Gasteiger partial charge in [-0.15, -0.1) is 0 Å². The van der Waals surface area contributed by atoms with Crippen LogP contribution in [0.25, 0.3) is 5.76 Å². The maximum absolute atomic E-state index is 15.3. The number of hydrogen-bond donors (Lipinski definition) is 1. The molecule has 0 aliphatic heterocycles. The van der Waals surface area contributed by atoms with Gasteiger partial charge in [-0.2, -0.15) is 8.42 Å². The Kier molecular flexibility index (Phi) is 5.32. The van der Waals surface area contributed by atoms with Crippen LogP contribution in [-0.4, -0.2) is 20.1 Å². The van der Waals surface area contributed by atoms with E-state index in [2.05, 4.69) is 5.32 Å². The quantitative estimate of drug-likeness (QED) is 0.583. The smallest absolute Gasteiger partial charge is 0.309 e. The molecule has 0 aromatic heterocycles. The first-order valence-corrected chi connectivity index (χ1v) is 10.2. The highest BCUT2D eigenvalue weighted by Gasteiger charge is 2.41. The minimum atomic E-state index is -3.94. The van der Waals surface area contributed by atoms with Gasteiger partial charge in [0.05, 0.1) is 5.75 Å². The Bertz CT molecular complexity index is 972. The summed E-state index contributed by atoms with van der Waals surface area (Å²) in [6.45, 7) is 1.61. The molecule has 1 aliphatic carbocycles. The number of hydrogen-bond acceptors (Lipinski definition) is 4. The summed E-state index contributed by atoms with van der Waals surface area (Å²) in [5.74, 6) is -3.14. The molecule has 0 saturated heterocycles. The van der Waals surface area contributed by atoms with E-state index in [-0.39, 0.29) is 29.9 Å². The van der Waals surface area contributed by atoms with Gasteiger partial charge >= 0.3 is 10.1 Å². The van der Waals surface area contributed by atoms with E-state index < -0.39 is 21.8 Å². The molecule has 0 bridgehead atoms. The highest BCUT2D eigenvalue weighted by molar-refractivity contribution is 7.86. The first kappa shape index (κ1) is 19.1. The van der Waals surface area contributed by atoms with Crippen molar-refractivity contribution < 1.29 is 21.8 Å². The van der Waals surface area contributed by atoms with E-state index in [0.29, 0.717) is 5.56 Å². The summed E-state index contributed by atoms with van der Waals surface area (Å²) in [4.78, 5) is 11.7. The first-order valence-electron chi connectivity index (χ1n) is 8.62. The number of alkyl halides is 1. The number of carbonyl (C=O) groups is 1. The molecule has 1 N–H and O–H groups in total. The number of fused-ring (bicyclic) bond motifs is 1. The number of rotatable bonds is 7. The summed E-state index contributed by atoms with van der Waals surface area (Å²) in [5, 5.41) is 2.28. The van der Waals surface area contributed by atoms with Gasteiger partial charge in [0.2, 0.25) is 11.7 Å². The average Bonchev–Trinajstić information content (AvgIpc) is 2.92. The van der Waals surface area contributed by atoms with Crippen LogP contribution in [0.2, 0.25) is 0 Å². The molecule has 3 rings (SSSR count). The van der Waals surface area contributed by atoms with Gasteiger partial charge in [0.1, 0.15) is 0 Å². The summed E-state index contributed by atoms with van der Waals surface area (Å²) in [6, 6.07) is 15.5. The van der Waals surface area contributed by atoms with Crippen LogP contribution in [0.1, 0.15) is 30.0 Å². The monoisotopic (exact) mass is 389 g/mol. The van der Waals surface area contributed by atoms with E-state index >= 15 is 4.39 Å². The molecule has 7 heteroatoms. The normalized spacial score (nSPS) is 18.5. The second-order valence-electron chi connectivity index (χ2n) is 6.25. The van der Waals surface area contributed by atoms with Crippen LogP contribution in [0.3, 0.4) is 0 Å². The second-order valence-corrected chi connectivity index (χ2v) is 7.94. The lowest BCUT2D eigenvalue weighted by atomic mass is 10.0. The van der Waals surface area contributed by atoms with E-state index in [9.17, 15) is 13.2 Å². The fraction of sp³-hybridized carbons (Fsp3) is 0.250. The Morgan fingerprint density at radius 2 is 1.78 bits per heavy atom. The molecular formula is C20H20FNO4S. The molecular weight excluding hydrogens is 369 g/mol. The molecule has 0 saturated carbocycles. The van der Waals surface area contributed by atoms with Crippen LogP contribution in [0.5, 0.6) is 0 Å². The lowest BCUT2D eigenvalue weighted by Crippen LogP contribution is -2.39. The lowest BCUT2D eigenvalue weighted by Gasteiger charge is -2.20. The summed E-state index contributed by atoms with van der Waals surface area (Å²) in [6.07, 6.45) is 1.39. The Hall–Kier alpha value is -2.67. The van der Waals surface area contributed by atoms with Crippen molar-refractivity contribution in [3.05, 3.63) is 77.4 Å². The molecule has 2 aromatic rings. The predicted octanol–water partition coefficient (Wildman–Crippen LogP) is 3.28. The number of benzene rings is 2. The van der Waals surface area contributed by atoms with Gasteiger partial charge in [0.25, 0.3) is 0 Å². The molecule has 0 heterocycles. The van der Waals surface area contributed by atoms with Gasteiger partial charge in [0.15, 0.2) is 5.76 Å². The van der Waals surface area contributed by atoms with Crippen molar-refractivity contribution in [2.75, 3.05) is 5.75 Å². The second kappa shape index (κ2) is 7.52. The van der Waals surface area contributed by atoms with Crippen LogP contribution in [0, 0.1) is 0 Å². The Balaban J connectivity index is 1.82. The molecule has 142 valence electrons. The molecule has 2 aromatic carbocycles. The van der Waals surface area contributed by atoms with Crippen LogP contribution < -0.4 is 5.32 Å². The van der Waals surface area contributed by atoms with Crippen molar-refractivity contribution >= 4 is 21.8 Å². The Morgan fingerprint density at radius 3 is 2.48 bits per heavy atom. The number of nitrogens with one attached hydrogen (secondary N) is 1. The molecule has 1 amide bonds. The first-order chi connectivity index (χ1) is 12.8. The standard InChI is InChI=1S/C20H20FNO4S/c1-2-19(23)22-20(21)14-18(16-10-6-7-11-17(16)20)26-27(24,25)13-12-15-8-4-3-5-9-15/h3-11,14H,2,12-13H2,1H3,(H,22,23). The van der Waals surface area contributed by atoms with Crippen LogP contribution in [0.15, 0.2) is 60.7 Å². The van der Waals surface area contributed by atoms with Crippen LogP contribution in [-0.2, 0) is 31.3 Å². The molecule has 0 radical (unpaired) electrons. The molecule has 5 nitrogen and oxygen atoms in total. The molecule has 0 fully saturated rings. The van der Waals surface area contributed by atoms with Gasteiger partial charge in [-0.1, -0.05) is 61.5 Å². The number of amides is 1. The van der Waals surface area contributed by atoms with E-state index in [1.54, 1.807) is 25.1 Å². The third kappa shape index (κ3) is 4.36. The summed E-state index contributed by atoms with van der Waals surface area (Å²) in [5.41, 5.74) is 1.32. The summed E-state index contributed by atoms with van der Waals surface area (Å²) >= 11 is 0. The lowest BCUT2D eigenvalue weighted by molar-refractivity contribution is -0.124. The van der Waals surface area contributed by atoms with Crippen molar-refractivity contribution in [1.82, 2.24) is 5.32 Å². The summed E-state index contributed by atoms with van der Waals surface area (Å²) in [7, 11) is -3.94. The zero-order valence-electron chi connectivity index (χ0n) is 14.8. The molecule has 0 spiro atoms. The molecule has 1 atom stereocenters. The van der Waals surface area contributed by atoms with E-state index in [4.69, 9.17) is 4.18 Å². The van der Waals surface area contributed by atoms with Crippen molar-refractivity contribution in [2.24, 2.45) is 0 Å². The summed E-state index contributed by atoms with van der Waals surface area (Å²) < 4.78 is 45.3. The SMILES string of the molecule is CCC(=O)NC1(F)C=C(OS(=O)(=O)CCc2ccccc2)c2ccccc21. The third-order valence-corrected chi connectivity index (χ3v) is 5.39. The fourth-order valence-electron chi connectivity index (χ4n) is 2.88. The molecule has 27 heavy (non-hydrogen) atoms.